The lowest BCUT2D eigenvalue weighted by molar-refractivity contribution is -0.385. The number of nitro groups is 1. The average molecular weight is 517 g/mol. The van der Waals surface area contributed by atoms with Crippen LogP contribution in [0.5, 0.6) is 0 Å². The number of anilines is 1. The highest BCUT2D eigenvalue weighted by Crippen LogP contribution is 2.31. The van der Waals surface area contributed by atoms with Crippen LogP contribution >= 0.6 is 11.3 Å². The van der Waals surface area contributed by atoms with Gasteiger partial charge in [0.05, 0.1) is 25.6 Å². The van der Waals surface area contributed by atoms with Gasteiger partial charge >= 0.3 is 0 Å². The zero-order valence-electron chi connectivity index (χ0n) is 18.5. The highest BCUT2D eigenvalue weighted by Gasteiger charge is 2.40. The van der Waals surface area contributed by atoms with Gasteiger partial charge < -0.3 is 5.32 Å². The van der Waals surface area contributed by atoms with Crippen LogP contribution in [-0.2, 0) is 14.6 Å². The minimum Gasteiger partial charge on any atom is -0.302 e. The van der Waals surface area contributed by atoms with E-state index < -0.39 is 26.6 Å². The number of nitrogens with zero attached hydrogens (tertiary/aromatic N) is 3. The number of imide groups is 1. The highest BCUT2D eigenvalue weighted by molar-refractivity contribution is 7.90. The molecule has 3 amide bonds. The zero-order chi connectivity index (χ0) is 25.3. The van der Waals surface area contributed by atoms with E-state index in [2.05, 4.69) is 10.3 Å². The van der Waals surface area contributed by atoms with Crippen LogP contribution in [0.3, 0.4) is 0 Å². The maximum Gasteiger partial charge on any atom is 0.282 e. The van der Waals surface area contributed by atoms with Crippen molar-refractivity contribution in [3.8, 4) is 0 Å². The molecule has 0 aliphatic carbocycles. The molecule has 1 aliphatic rings. The number of thiazole rings is 1. The van der Waals surface area contributed by atoms with E-state index in [1.165, 1.54) is 41.7 Å². The number of carbonyl (C=O) groups excluding carboxylic acids is 3. The third-order valence-corrected chi connectivity index (χ3v) is 7.54. The molecule has 0 spiro atoms. The Morgan fingerprint density at radius 3 is 2.63 bits per heavy atom. The van der Waals surface area contributed by atoms with E-state index in [1.807, 2.05) is 0 Å². The first kappa shape index (κ1) is 24.4. The van der Waals surface area contributed by atoms with Crippen molar-refractivity contribution < 1.29 is 27.7 Å². The Balaban J connectivity index is 1.26. The minimum atomic E-state index is -3.34. The van der Waals surface area contributed by atoms with Crippen molar-refractivity contribution in [2.45, 2.75) is 30.6 Å². The van der Waals surface area contributed by atoms with Gasteiger partial charge in [0, 0.05) is 25.3 Å². The third-order valence-electron chi connectivity index (χ3n) is 5.49. The van der Waals surface area contributed by atoms with Crippen LogP contribution in [-0.4, -0.2) is 53.7 Å². The van der Waals surface area contributed by atoms with E-state index in [4.69, 9.17) is 0 Å². The van der Waals surface area contributed by atoms with Crippen LogP contribution in [0.4, 0.5) is 10.8 Å². The summed E-state index contributed by atoms with van der Waals surface area (Å²) in [6.07, 6.45) is 2.81. The predicted molar refractivity (Wildman–Crippen MR) is 128 cm³/mol. The number of nitro benzene ring substituents is 1. The van der Waals surface area contributed by atoms with Crippen LogP contribution in [0, 0.1) is 10.1 Å². The summed E-state index contributed by atoms with van der Waals surface area (Å²) in [7, 11) is -3.34. The van der Waals surface area contributed by atoms with Gasteiger partial charge in [0.15, 0.2) is 15.0 Å². The largest absolute Gasteiger partial charge is 0.302 e. The average Bonchev–Trinajstić information content (AvgIpc) is 3.30. The van der Waals surface area contributed by atoms with Crippen LogP contribution < -0.4 is 5.32 Å². The maximum absolute atomic E-state index is 12.6. The molecule has 0 saturated heterocycles. The number of aromatic nitrogens is 1. The number of fused-ring (bicyclic) bond motifs is 2. The molecule has 35 heavy (non-hydrogen) atoms. The Kier molecular flexibility index (Phi) is 6.63. The van der Waals surface area contributed by atoms with E-state index >= 15 is 0 Å². The number of carbonyl (C=O) groups is 3. The lowest BCUT2D eigenvalue weighted by atomic mass is 10.1. The first-order valence-corrected chi connectivity index (χ1v) is 13.3. The molecule has 13 heteroatoms. The second kappa shape index (κ2) is 9.50. The van der Waals surface area contributed by atoms with Gasteiger partial charge in [0.1, 0.15) is 5.56 Å². The van der Waals surface area contributed by atoms with Crippen LogP contribution in [0.15, 0.2) is 41.3 Å². The topological polar surface area (TPSA) is 157 Å². The summed E-state index contributed by atoms with van der Waals surface area (Å²) in [5.74, 6) is -1.49. The van der Waals surface area contributed by atoms with Gasteiger partial charge in [-0.25, -0.2) is 13.4 Å². The number of rotatable bonds is 9. The fourth-order valence-corrected chi connectivity index (χ4v) is 5.42. The summed E-state index contributed by atoms with van der Waals surface area (Å²) in [6, 6.07) is 8.55. The molecular weight excluding hydrogens is 496 g/mol. The molecule has 2 heterocycles. The second-order valence-corrected chi connectivity index (χ2v) is 11.0. The van der Waals surface area contributed by atoms with Gasteiger partial charge in [-0.1, -0.05) is 23.8 Å². The van der Waals surface area contributed by atoms with Gasteiger partial charge in [-0.2, -0.15) is 0 Å². The number of hydrogen-bond donors (Lipinski definition) is 1. The van der Waals surface area contributed by atoms with E-state index in [9.17, 15) is 32.9 Å². The molecule has 0 unspecified atom stereocenters. The second-order valence-electron chi connectivity index (χ2n) is 8.00. The zero-order valence-corrected chi connectivity index (χ0v) is 20.1. The molecule has 4 rings (SSSR count). The molecule has 3 aromatic rings. The molecule has 0 atom stereocenters. The molecule has 11 nitrogen and oxygen atoms in total. The molecule has 1 N–H and O–H groups in total. The Hall–Kier alpha value is -3.71. The van der Waals surface area contributed by atoms with E-state index in [1.54, 1.807) is 6.07 Å². The molecule has 1 aliphatic heterocycles. The quantitative estimate of drug-likeness (QED) is 0.196. The van der Waals surface area contributed by atoms with Gasteiger partial charge in [-0.05, 0) is 37.1 Å². The summed E-state index contributed by atoms with van der Waals surface area (Å²) in [5.41, 5.74) is 0.0470. The van der Waals surface area contributed by atoms with Crippen molar-refractivity contribution >= 4 is 59.9 Å². The van der Waals surface area contributed by atoms with Gasteiger partial charge in [0.25, 0.3) is 17.5 Å². The van der Waals surface area contributed by atoms with Crippen molar-refractivity contribution in [2.75, 3.05) is 18.1 Å². The number of benzene rings is 2. The number of unbranched alkanes of at least 4 members (excludes halogenated alkanes) is 2. The summed E-state index contributed by atoms with van der Waals surface area (Å²) in [5, 5.41) is 14.2. The molecule has 0 saturated carbocycles. The Bertz CT molecular complexity index is 1480. The maximum atomic E-state index is 12.6. The lowest BCUT2D eigenvalue weighted by Crippen LogP contribution is -2.30. The van der Waals surface area contributed by atoms with Crippen molar-refractivity contribution in [3.05, 3.63) is 57.6 Å². The molecule has 0 radical (unpaired) electrons. The lowest BCUT2D eigenvalue weighted by Gasteiger charge is -2.13. The smallest absolute Gasteiger partial charge is 0.282 e. The summed E-state index contributed by atoms with van der Waals surface area (Å²) in [6.45, 7) is 0.103. The third kappa shape index (κ3) is 5.05. The number of amides is 3. The predicted octanol–water partition coefficient (Wildman–Crippen LogP) is 3.40. The SMILES string of the molecule is CS(=O)(=O)c1ccc2nc(NC(=O)CCCCCN3C(=O)c4cccc([N+](=O)[O-])c4C3=O)sc2c1. The number of hydrogen-bond acceptors (Lipinski definition) is 9. The van der Waals surface area contributed by atoms with Gasteiger partial charge in [0.2, 0.25) is 5.91 Å². The monoisotopic (exact) mass is 516 g/mol. The fraction of sp³-hybridized carbons (Fsp3) is 0.273. The number of sulfone groups is 1. The van der Waals surface area contributed by atoms with Crippen molar-refractivity contribution in [2.24, 2.45) is 0 Å². The molecule has 1 aromatic heterocycles. The van der Waals surface area contributed by atoms with Crippen LogP contribution in [0.2, 0.25) is 0 Å². The molecular formula is C22H20N4O7S2. The van der Waals surface area contributed by atoms with Crippen molar-refractivity contribution in [1.29, 1.82) is 0 Å². The highest BCUT2D eigenvalue weighted by atomic mass is 32.2. The van der Waals surface area contributed by atoms with E-state index in [0.717, 1.165) is 11.2 Å². The van der Waals surface area contributed by atoms with Crippen LogP contribution in [0.1, 0.15) is 46.4 Å². The summed E-state index contributed by atoms with van der Waals surface area (Å²) < 4.78 is 24.0. The van der Waals surface area contributed by atoms with E-state index in [-0.39, 0.29) is 40.6 Å². The Morgan fingerprint density at radius 2 is 1.91 bits per heavy atom. The molecule has 2 aromatic carbocycles. The first-order chi connectivity index (χ1) is 16.6. The Labute approximate surface area is 203 Å². The van der Waals surface area contributed by atoms with Crippen LogP contribution in [0.25, 0.3) is 10.2 Å². The summed E-state index contributed by atoms with van der Waals surface area (Å²) in [4.78, 5) is 53.3. The molecule has 182 valence electrons. The fourth-order valence-electron chi connectivity index (χ4n) is 3.77. The molecule has 0 bridgehead atoms. The summed E-state index contributed by atoms with van der Waals surface area (Å²) >= 11 is 1.18. The standard InChI is InChI=1S/C22H20N4O7S2/c1-35(32,33)13-9-10-15-17(12-13)34-22(23-15)24-18(27)8-3-2-4-11-25-20(28)14-6-5-7-16(26(30)31)19(14)21(25)29/h5-7,9-10,12H,2-4,8,11H2,1H3,(H,23,24,27). The minimum absolute atomic E-state index is 0.0306. The first-order valence-electron chi connectivity index (χ1n) is 10.6. The molecule has 0 fully saturated rings. The normalized spacial score (nSPS) is 13.3. The van der Waals surface area contributed by atoms with Crippen molar-refractivity contribution in [3.63, 3.8) is 0 Å². The van der Waals surface area contributed by atoms with Gasteiger partial charge in [-0.3, -0.25) is 29.4 Å². The number of nitrogens with one attached hydrogen (secondary N) is 1. The van der Waals surface area contributed by atoms with Gasteiger partial charge in [-0.15, -0.1) is 0 Å². The van der Waals surface area contributed by atoms with Crippen molar-refractivity contribution in [1.82, 2.24) is 9.88 Å². The Morgan fingerprint density at radius 1 is 1.14 bits per heavy atom. The van der Waals surface area contributed by atoms with E-state index in [0.29, 0.717) is 34.6 Å².